The van der Waals surface area contributed by atoms with Crippen molar-refractivity contribution in [3.05, 3.63) is 191 Å². The van der Waals surface area contributed by atoms with Gasteiger partial charge in [0.05, 0.1) is 5.41 Å². The van der Waals surface area contributed by atoms with Crippen LogP contribution < -0.4 is 4.90 Å². The van der Waals surface area contributed by atoms with Crippen LogP contribution in [0.2, 0.25) is 0 Å². The molecule has 248 valence electrons. The lowest BCUT2D eigenvalue weighted by molar-refractivity contribution is 0.660. The van der Waals surface area contributed by atoms with E-state index in [1.54, 1.807) is 0 Å². The normalized spacial score (nSPS) is 15.4. The van der Waals surface area contributed by atoms with Crippen LogP contribution >= 0.6 is 10.0 Å². The average Bonchev–Trinajstić information content (AvgIpc) is 3.70. The summed E-state index contributed by atoms with van der Waals surface area (Å²) in [6.07, 6.45) is 7.11. The maximum Gasteiger partial charge on any atom is 0.0726 e. The van der Waals surface area contributed by atoms with E-state index in [0.717, 1.165) is 0 Å². The first-order valence-corrected chi connectivity index (χ1v) is 20.8. The lowest BCUT2D eigenvalue weighted by atomic mass is 9.70. The molecule has 0 fully saturated rings. The predicted molar refractivity (Wildman–Crippen MR) is 219 cm³/mol. The second kappa shape index (κ2) is 10.6. The van der Waals surface area contributed by atoms with Crippen molar-refractivity contribution in [2.24, 2.45) is 0 Å². The van der Waals surface area contributed by atoms with Gasteiger partial charge >= 0.3 is 0 Å². The van der Waals surface area contributed by atoms with Crippen molar-refractivity contribution < 1.29 is 0 Å². The van der Waals surface area contributed by atoms with Gasteiger partial charge in [-0.15, -0.1) is 0 Å². The van der Waals surface area contributed by atoms with Crippen molar-refractivity contribution in [2.45, 2.75) is 29.6 Å². The Kier molecular flexibility index (Phi) is 6.34. The summed E-state index contributed by atoms with van der Waals surface area (Å²) in [6, 6.07) is 59.9. The third-order valence-electron chi connectivity index (χ3n) is 11.9. The molecule has 3 aliphatic carbocycles. The molecule has 7 aromatic carbocycles. The Balaban J connectivity index is 1.23. The number of hydrogen-bond acceptors (Lipinski definition) is 1. The highest BCUT2D eigenvalue weighted by Crippen LogP contribution is 2.63. The van der Waals surface area contributed by atoms with Crippen molar-refractivity contribution >= 4 is 27.1 Å². The Labute approximate surface area is 303 Å². The van der Waals surface area contributed by atoms with E-state index < -0.39 is 10.0 Å². The van der Waals surface area contributed by atoms with Gasteiger partial charge in [-0.1, -0.05) is 123 Å². The summed E-state index contributed by atoms with van der Waals surface area (Å²) >= 11 is 0. The van der Waals surface area contributed by atoms with Gasteiger partial charge in [0.25, 0.3) is 0 Å². The SMILES string of the molecule is CC1(C)c2ccccc2-c2ccc(N(c3ccc(S(C)(C)C)cc3)c3ccc4c(c3)C3(c5ccccc5-c5ccccc53)c3ccccc3-4)cc21. The monoisotopic (exact) mass is 675 g/mol. The highest BCUT2D eigenvalue weighted by Gasteiger charge is 2.51. The van der Waals surface area contributed by atoms with Gasteiger partial charge in [-0.2, -0.15) is 0 Å². The van der Waals surface area contributed by atoms with E-state index in [9.17, 15) is 0 Å². The van der Waals surface area contributed by atoms with Gasteiger partial charge in [-0.05, 0) is 139 Å². The first-order valence-electron chi connectivity index (χ1n) is 18.0. The van der Waals surface area contributed by atoms with Crippen LogP contribution in [-0.4, -0.2) is 18.8 Å². The number of benzene rings is 7. The Morgan fingerprint density at radius 1 is 0.373 bits per heavy atom. The quantitative estimate of drug-likeness (QED) is 0.179. The summed E-state index contributed by atoms with van der Waals surface area (Å²) in [5.41, 5.74) is 19.3. The molecule has 7 aromatic rings. The molecule has 0 saturated heterocycles. The minimum absolute atomic E-state index is 0.0893. The number of rotatable bonds is 4. The van der Waals surface area contributed by atoms with Crippen molar-refractivity contribution in [1.82, 2.24) is 0 Å². The standard InChI is InChI=1S/C49H41NS/c1-48(2)42-18-10-6-14-36(42)40-28-24-33(30-46(40)48)50(32-22-26-35(27-23-32)51(3,4)5)34-25-29-41-39-17-9-13-21-45(39)49(47(41)31-34)43-19-11-7-15-37(43)38-16-8-12-20-44(38)49/h6-31H,1-5H3. The van der Waals surface area contributed by atoms with E-state index in [4.69, 9.17) is 0 Å². The second-order valence-electron chi connectivity index (χ2n) is 15.7. The number of hydrogen-bond donors (Lipinski definition) is 0. The van der Waals surface area contributed by atoms with E-state index in [1.807, 2.05) is 0 Å². The molecule has 0 heterocycles. The van der Waals surface area contributed by atoms with Crippen LogP contribution in [0.15, 0.2) is 163 Å². The van der Waals surface area contributed by atoms with Crippen LogP contribution in [0, 0.1) is 0 Å². The largest absolute Gasteiger partial charge is 0.310 e. The van der Waals surface area contributed by atoms with Gasteiger partial charge in [0.15, 0.2) is 0 Å². The van der Waals surface area contributed by atoms with Crippen molar-refractivity contribution in [1.29, 1.82) is 0 Å². The molecule has 0 aliphatic heterocycles. The van der Waals surface area contributed by atoms with Gasteiger partial charge in [-0.25, -0.2) is 10.0 Å². The third-order valence-corrected chi connectivity index (χ3v) is 13.6. The van der Waals surface area contributed by atoms with E-state index in [0.29, 0.717) is 0 Å². The van der Waals surface area contributed by atoms with Crippen LogP contribution in [0.4, 0.5) is 17.1 Å². The Morgan fingerprint density at radius 2 is 0.745 bits per heavy atom. The zero-order valence-corrected chi connectivity index (χ0v) is 30.7. The molecule has 0 unspecified atom stereocenters. The second-order valence-corrected chi connectivity index (χ2v) is 19.8. The fraction of sp³-hybridized carbons (Fsp3) is 0.143. The van der Waals surface area contributed by atoms with Crippen LogP contribution in [0.5, 0.6) is 0 Å². The molecule has 0 atom stereocenters. The average molecular weight is 676 g/mol. The maximum atomic E-state index is 2.50. The van der Waals surface area contributed by atoms with Crippen LogP contribution in [0.1, 0.15) is 47.2 Å². The molecular weight excluding hydrogens is 635 g/mol. The number of anilines is 3. The summed E-state index contributed by atoms with van der Waals surface area (Å²) in [7, 11) is -0.858. The molecular formula is C49H41NS. The summed E-state index contributed by atoms with van der Waals surface area (Å²) in [4.78, 5) is 3.91. The number of fused-ring (bicyclic) bond motifs is 13. The summed E-state index contributed by atoms with van der Waals surface area (Å²) in [6.45, 7) is 4.75. The molecule has 0 aromatic heterocycles. The van der Waals surface area contributed by atoms with Crippen molar-refractivity contribution in [2.75, 3.05) is 23.7 Å². The van der Waals surface area contributed by atoms with Crippen molar-refractivity contribution in [3.8, 4) is 33.4 Å². The topological polar surface area (TPSA) is 3.24 Å². The molecule has 0 amide bonds. The minimum Gasteiger partial charge on any atom is -0.310 e. The van der Waals surface area contributed by atoms with Gasteiger partial charge in [-0.3, -0.25) is 0 Å². The summed E-state index contributed by atoms with van der Waals surface area (Å²) in [5, 5.41) is 0. The lowest BCUT2D eigenvalue weighted by Gasteiger charge is -2.33. The Hall–Kier alpha value is -5.31. The lowest BCUT2D eigenvalue weighted by Crippen LogP contribution is -2.26. The summed E-state index contributed by atoms with van der Waals surface area (Å²) < 4.78 is 0. The molecule has 3 aliphatic rings. The maximum absolute atomic E-state index is 2.50. The highest BCUT2D eigenvalue weighted by atomic mass is 32.3. The van der Waals surface area contributed by atoms with E-state index in [-0.39, 0.29) is 10.8 Å². The van der Waals surface area contributed by atoms with Crippen molar-refractivity contribution in [3.63, 3.8) is 0 Å². The Morgan fingerprint density at radius 3 is 1.24 bits per heavy atom. The fourth-order valence-corrected chi connectivity index (χ4v) is 10.5. The van der Waals surface area contributed by atoms with Gasteiger partial charge in [0, 0.05) is 22.5 Å². The summed E-state index contributed by atoms with van der Waals surface area (Å²) in [5.74, 6) is 0. The molecule has 0 N–H and O–H groups in total. The molecule has 1 spiro atoms. The van der Waals surface area contributed by atoms with E-state index in [1.165, 1.54) is 88.7 Å². The molecule has 51 heavy (non-hydrogen) atoms. The van der Waals surface area contributed by atoms with Gasteiger partial charge in [0.1, 0.15) is 0 Å². The van der Waals surface area contributed by atoms with Crippen LogP contribution in [-0.2, 0) is 10.8 Å². The smallest absolute Gasteiger partial charge is 0.0726 e. The molecule has 1 nitrogen and oxygen atoms in total. The van der Waals surface area contributed by atoms with Gasteiger partial charge < -0.3 is 4.90 Å². The first-order chi connectivity index (χ1) is 24.7. The fourth-order valence-electron chi connectivity index (χ4n) is 9.50. The first kappa shape index (κ1) is 30.5. The zero-order valence-electron chi connectivity index (χ0n) is 29.9. The van der Waals surface area contributed by atoms with Gasteiger partial charge in [0.2, 0.25) is 0 Å². The molecule has 0 bridgehead atoms. The van der Waals surface area contributed by atoms with Crippen LogP contribution in [0.3, 0.4) is 0 Å². The van der Waals surface area contributed by atoms with E-state index >= 15 is 0 Å². The highest BCUT2D eigenvalue weighted by molar-refractivity contribution is 8.32. The molecule has 10 rings (SSSR count). The van der Waals surface area contributed by atoms with Crippen LogP contribution in [0.25, 0.3) is 33.4 Å². The molecule has 0 radical (unpaired) electrons. The third kappa shape index (κ3) is 4.11. The molecule has 2 heteroatoms. The van der Waals surface area contributed by atoms with E-state index in [2.05, 4.69) is 195 Å². The Bertz CT molecular complexity index is 2490. The minimum atomic E-state index is -0.858. The zero-order chi connectivity index (χ0) is 34.7. The molecule has 0 saturated carbocycles. The predicted octanol–water partition coefficient (Wildman–Crippen LogP) is 12.9. The number of nitrogens with zero attached hydrogens (tertiary/aromatic N) is 1.